The zero-order valence-corrected chi connectivity index (χ0v) is 10.2. The van der Waals surface area contributed by atoms with Crippen molar-refractivity contribution in [2.45, 2.75) is 20.2 Å². The Morgan fingerprint density at radius 3 is 2.61 bits per heavy atom. The average molecular weight is 253 g/mol. The third kappa shape index (κ3) is 4.94. The van der Waals surface area contributed by atoms with Gasteiger partial charge in [-0.25, -0.2) is 0 Å². The fourth-order valence-corrected chi connectivity index (χ4v) is 1.19. The molecule has 0 fully saturated rings. The van der Waals surface area contributed by atoms with Crippen LogP contribution in [0.5, 0.6) is 0 Å². The van der Waals surface area contributed by atoms with Crippen LogP contribution in [-0.2, 0) is 16.0 Å². The Bertz CT molecular complexity index is 426. The minimum absolute atomic E-state index is 0.102. The lowest BCUT2D eigenvalue weighted by Gasteiger charge is -2.02. The van der Waals surface area contributed by atoms with Gasteiger partial charge in [0, 0.05) is 6.07 Å². The highest BCUT2D eigenvalue weighted by atomic mass is 19.1. The predicted octanol–water partition coefficient (Wildman–Crippen LogP) is 2.04. The monoisotopic (exact) mass is 253 g/mol. The zero-order valence-electron chi connectivity index (χ0n) is 10.2. The number of esters is 1. The molecule has 1 aromatic carbocycles. The summed E-state index contributed by atoms with van der Waals surface area (Å²) in [5.41, 5.74) is -0.284. The lowest BCUT2D eigenvalue weighted by molar-refractivity contribution is -0.387. The van der Waals surface area contributed by atoms with Gasteiger partial charge in [-0.2, -0.15) is 4.39 Å². The van der Waals surface area contributed by atoms with Crippen LogP contribution in [0.2, 0.25) is 6.82 Å². The minimum Gasteiger partial charge on any atom is -0.466 e. The Labute approximate surface area is 106 Å². The first-order chi connectivity index (χ1) is 8.54. The summed E-state index contributed by atoms with van der Waals surface area (Å²) in [6, 6.07) is 3.32. The molecule has 1 aromatic rings. The second-order valence-electron chi connectivity index (χ2n) is 3.02. The minimum atomic E-state index is -0.919. The molecule has 0 bridgehead atoms. The van der Waals surface area contributed by atoms with E-state index >= 15 is 0 Å². The van der Waals surface area contributed by atoms with E-state index in [0.29, 0.717) is 5.56 Å². The van der Waals surface area contributed by atoms with Crippen LogP contribution in [0.1, 0.15) is 12.5 Å². The molecule has 0 unspecified atom stereocenters. The number of nitrogens with zero attached hydrogens (tertiary/aromatic N) is 1. The van der Waals surface area contributed by atoms with E-state index in [1.807, 2.05) is 0 Å². The summed E-state index contributed by atoms with van der Waals surface area (Å²) >= 11 is 0. The van der Waals surface area contributed by atoms with E-state index in [1.54, 1.807) is 6.92 Å². The first-order valence-corrected chi connectivity index (χ1v) is 5.20. The van der Waals surface area contributed by atoms with E-state index < -0.39 is 22.4 Å². The Balaban J connectivity index is 0.00000137. The topological polar surface area (TPSA) is 69.4 Å². The van der Waals surface area contributed by atoms with Crippen molar-refractivity contribution in [1.82, 2.24) is 0 Å². The van der Waals surface area contributed by atoms with E-state index in [9.17, 15) is 19.3 Å². The quantitative estimate of drug-likeness (QED) is 0.356. The van der Waals surface area contributed by atoms with Crippen LogP contribution in [0.4, 0.5) is 10.1 Å². The van der Waals surface area contributed by atoms with E-state index in [0.717, 1.165) is 12.1 Å². The summed E-state index contributed by atoms with van der Waals surface area (Å²) in [5.74, 6) is -1.42. The molecular weight excluding hydrogens is 240 g/mol. The maximum atomic E-state index is 12.9. The molecule has 18 heavy (non-hydrogen) atoms. The predicted molar refractivity (Wildman–Crippen MR) is 65.0 cm³/mol. The van der Waals surface area contributed by atoms with Gasteiger partial charge in [-0.3, -0.25) is 14.9 Å². The summed E-state index contributed by atoms with van der Waals surface area (Å²) < 4.78 is 17.6. The molecule has 0 saturated carbocycles. The smallest absolute Gasteiger partial charge is 0.310 e. The highest BCUT2D eigenvalue weighted by Gasteiger charge is 2.15. The van der Waals surface area contributed by atoms with Crippen LogP contribution in [-0.4, -0.2) is 25.3 Å². The maximum absolute atomic E-state index is 12.9. The van der Waals surface area contributed by atoms with Gasteiger partial charge >= 0.3 is 11.7 Å². The third-order valence-corrected chi connectivity index (χ3v) is 1.86. The van der Waals surface area contributed by atoms with E-state index in [2.05, 4.69) is 12.6 Å². The average Bonchev–Trinajstić information content (AvgIpc) is 2.34. The van der Waals surface area contributed by atoms with Crippen molar-refractivity contribution in [1.29, 1.82) is 0 Å². The number of ether oxygens (including phenoxy) is 1. The van der Waals surface area contributed by atoms with E-state index in [-0.39, 0.29) is 13.0 Å². The second kappa shape index (κ2) is 8.22. The Kier molecular flexibility index (Phi) is 7.34. The third-order valence-electron chi connectivity index (χ3n) is 1.86. The number of rotatable bonds is 4. The first kappa shape index (κ1) is 16.1. The summed E-state index contributed by atoms with van der Waals surface area (Å²) in [4.78, 5) is 20.7. The molecule has 0 aliphatic carbocycles. The second-order valence-corrected chi connectivity index (χ2v) is 3.02. The highest BCUT2D eigenvalue weighted by molar-refractivity contribution is 6.05. The van der Waals surface area contributed by atoms with Crippen LogP contribution >= 0.6 is 0 Å². The van der Waals surface area contributed by atoms with Crippen LogP contribution < -0.4 is 0 Å². The number of carbonyl (C=O) groups excluding carboxylic acids is 1. The van der Waals surface area contributed by atoms with Gasteiger partial charge in [0.1, 0.15) is 0 Å². The summed E-state index contributed by atoms with van der Waals surface area (Å²) in [6.45, 7) is 3.40. The van der Waals surface area contributed by atoms with Crippen molar-refractivity contribution >= 4 is 19.5 Å². The molecular formula is C11H13BFNO4. The van der Waals surface area contributed by atoms with Crippen molar-refractivity contribution < 1.29 is 18.8 Å². The summed E-state index contributed by atoms with van der Waals surface area (Å²) in [7, 11) is 4.50. The van der Waals surface area contributed by atoms with Gasteiger partial charge in [-0.05, 0) is 18.6 Å². The van der Waals surface area contributed by atoms with Crippen LogP contribution in [0.15, 0.2) is 18.2 Å². The number of hydrogen-bond donors (Lipinski definition) is 0. The fraction of sp³-hybridized carbons (Fsp3) is 0.364. The van der Waals surface area contributed by atoms with Crippen molar-refractivity contribution in [3.8, 4) is 0 Å². The van der Waals surface area contributed by atoms with Crippen molar-refractivity contribution in [3.05, 3.63) is 39.7 Å². The molecule has 0 aliphatic heterocycles. The SMILES string of the molecule is CCOC(=O)Cc1ccc(F)c([N+](=O)[O-])c1.[B]C. The molecule has 0 aliphatic rings. The van der Waals surface area contributed by atoms with Crippen molar-refractivity contribution in [3.63, 3.8) is 0 Å². The number of carbonyl (C=O) groups is 1. The van der Waals surface area contributed by atoms with E-state index in [4.69, 9.17) is 0 Å². The number of benzene rings is 1. The Morgan fingerprint density at radius 2 is 2.11 bits per heavy atom. The van der Waals surface area contributed by atoms with Gasteiger partial charge in [0.25, 0.3) is 0 Å². The standard InChI is InChI=1S/C10H10FNO4.CH3B/c1-2-16-10(13)6-7-3-4-8(11)9(5-7)12(14)15;1-2/h3-5H,2,6H2,1H3;1H3. The summed E-state index contributed by atoms with van der Waals surface area (Å²) in [6.07, 6.45) is -0.102. The molecule has 0 spiro atoms. The van der Waals surface area contributed by atoms with Gasteiger partial charge in [0.15, 0.2) is 0 Å². The molecule has 0 amide bonds. The van der Waals surface area contributed by atoms with Gasteiger partial charge < -0.3 is 4.74 Å². The fourth-order valence-electron chi connectivity index (χ4n) is 1.19. The van der Waals surface area contributed by atoms with Crippen LogP contribution in [0.3, 0.4) is 0 Å². The van der Waals surface area contributed by atoms with Crippen LogP contribution in [0, 0.1) is 15.9 Å². The maximum Gasteiger partial charge on any atom is 0.310 e. The molecule has 96 valence electrons. The zero-order chi connectivity index (χ0) is 14.1. The molecule has 0 saturated heterocycles. The highest BCUT2D eigenvalue weighted by Crippen LogP contribution is 2.18. The number of nitro benzene ring substituents is 1. The number of halogens is 1. The normalized spacial score (nSPS) is 9.06. The van der Waals surface area contributed by atoms with Gasteiger partial charge in [-0.15, -0.1) is 0 Å². The lowest BCUT2D eigenvalue weighted by Crippen LogP contribution is -2.08. The lowest BCUT2D eigenvalue weighted by atomic mass is 10.1. The molecule has 0 N–H and O–H groups in total. The van der Waals surface area contributed by atoms with Crippen LogP contribution in [0.25, 0.3) is 0 Å². The Hall–Kier alpha value is -1.92. The molecule has 7 heteroatoms. The molecule has 2 radical (unpaired) electrons. The molecule has 1 rings (SSSR count). The summed E-state index contributed by atoms with van der Waals surface area (Å²) in [5, 5.41) is 10.4. The Morgan fingerprint density at radius 1 is 1.50 bits per heavy atom. The molecule has 5 nitrogen and oxygen atoms in total. The molecule has 0 aromatic heterocycles. The molecule has 0 heterocycles. The molecule has 0 atom stereocenters. The number of hydrogen-bond acceptors (Lipinski definition) is 4. The number of nitro groups is 1. The first-order valence-electron chi connectivity index (χ1n) is 5.20. The largest absolute Gasteiger partial charge is 0.466 e. The van der Waals surface area contributed by atoms with Gasteiger partial charge in [-0.1, -0.05) is 12.9 Å². The van der Waals surface area contributed by atoms with Crippen molar-refractivity contribution in [2.24, 2.45) is 0 Å². The van der Waals surface area contributed by atoms with Gasteiger partial charge in [0.2, 0.25) is 5.82 Å². The van der Waals surface area contributed by atoms with Gasteiger partial charge in [0.05, 0.1) is 25.8 Å². The van der Waals surface area contributed by atoms with Crippen molar-refractivity contribution in [2.75, 3.05) is 6.61 Å². The van der Waals surface area contributed by atoms with E-state index in [1.165, 1.54) is 12.9 Å².